The zero-order valence-corrected chi connectivity index (χ0v) is 12.2. The van der Waals surface area contributed by atoms with E-state index in [9.17, 15) is 0 Å². The standard InChI is InChI=1S/C13H24N4O/c1-9(2)10-11(14-5)16-8-17-12(10)15-7-13(3,4)18-6/h8-9H,7H2,1-6H3,(H2,14,15,16,17). The number of methoxy groups -OCH3 is 1. The predicted molar refractivity (Wildman–Crippen MR) is 75.2 cm³/mol. The second-order valence-corrected chi connectivity index (χ2v) is 5.21. The molecule has 0 bridgehead atoms. The number of anilines is 2. The van der Waals surface area contributed by atoms with Crippen molar-refractivity contribution in [3.8, 4) is 0 Å². The first-order valence-corrected chi connectivity index (χ1v) is 6.23. The fourth-order valence-corrected chi connectivity index (χ4v) is 1.65. The smallest absolute Gasteiger partial charge is 0.135 e. The molecule has 2 N–H and O–H groups in total. The molecule has 1 aromatic rings. The largest absolute Gasteiger partial charge is 0.377 e. The molecular formula is C13H24N4O. The number of ether oxygens (including phenoxy) is 1. The highest BCUT2D eigenvalue weighted by molar-refractivity contribution is 5.58. The van der Waals surface area contributed by atoms with Crippen molar-refractivity contribution in [3.63, 3.8) is 0 Å². The topological polar surface area (TPSA) is 59.1 Å². The summed E-state index contributed by atoms with van der Waals surface area (Å²) in [5.41, 5.74) is 0.880. The molecule has 1 heterocycles. The zero-order chi connectivity index (χ0) is 13.8. The molecule has 0 saturated carbocycles. The van der Waals surface area contributed by atoms with E-state index in [1.165, 1.54) is 0 Å². The molecule has 5 heteroatoms. The monoisotopic (exact) mass is 252 g/mol. The quantitative estimate of drug-likeness (QED) is 0.814. The molecule has 0 aliphatic rings. The highest BCUT2D eigenvalue weighted by Gasteiger charge is 2.19. The fourth-order valence-electron chi connectivity index (χ4n) is 1.65. The van der Waals surface area contributed by atoms with Crippen LogP contribution in [0.4, 0.5) is 11.6 Å². The van der Waals surface area contributed by atoms with Crippen LogP contribution in [-0.4, -0.2) is 36.3 Å². The van der Waals surface area contributed by atoms with Crippen LogP contribution in [0.2, 0.25) is 0 Å². The molecule has 1 aromatic heterocycles. The SMILES string of the molecule is CNc1ncnc(NCC(C)(C)OC)c1C(C)C. The molecule has 0 saturated heterocycles. The maximum Gasteiger partial charge on any atom is 0.135 e. The van der Waals surface area contributed by atoms with Crippen molar-refractivity contribution in [2.24, 2.45) is 0 Å². The van der Waals surface area contributed by atoms with E-state index >= 15 is 0 Å². The number of aromatic nitrogens is 2. The average Bonchev–Trinajstić information content (AvgIpc) is 2.35. The fraction of sp³-hybridized carbons (Fsp3) is 0.692. The van der Waals surface area contributed by atoms with Crippen LogP contribution >= 0.6 is 0 Å². The van der Waals surface area contributed by atoms with Gasteiger partial charge < -0.3 is 15.4 Å². The molecule has 0 aliphatic carbocycles. The van der Waals surface area contributed by atoms with Crippen molar-refractivity contribution in [1.82, 2.24) is 9.97 Å². The second-order valence-electron chi connectivity index (χ2n) is 5.21. The van der Waals surface area contributed by atoms with Crippen LogP contribution < -0.4 is 10.6 Å². The molecule has 0 aliphatic heterocycles. The van der Waals surface area contributed by atoms with E-state index in [4.69, 9.17) is 4.74 Å². The molecule has 0 radical (unpaired) electrons. The van der Waals surface area contributed by atoms with E-state index < -0.39 is 0 Å². The third-order valence-corrected chi connectivity index (χ3v) is 2.93. The number of nitrogens with one attached hydrogen (secondary N) is 2. The van der Waals surface area contributed by atoms with Gasteiger partial charge in [0, 0.05) is 26.3 Å². The normalized spacial score (nSPS) is 11.7. The lowest BCUT2D eigenvalue weighted by molar-refractivity contribution is 0.0343. The van der Waals surface area contributed by atoms with Crippen molar-refractivity contribution < 1.29 is 4.74 Å². The summed E-state index contributed by atoms with van der Waals surface area (Å²) in [5.74, 6) is 2.09. The molecule has 0 aromatic carbocycles. The molecule has 18 heavy (non-hydrogen) atoms. The van der Waals surface area contributed by atoms with Gasteiger partial charge in [0.25, 0.3) is 0 Å². The van der Waals surface area contributed by atoms with Gasteiger partial charge in [-0.2, -0.15) is 0 Å². The molecule has 102 valence electrons. The van der Waals surface area contributed by atoms with Crippen LogP contribution in [0.3, 0.4) is 0 Å². The Labute approximate surface area is 109 Å². The van der Waals surface area contributed by atoms with Crippen molar-refractivity contribution >= 4 is 11.6 Å². The summed E-state index contributed by atoms with van der Waals surface area (Å²) in [6, 6.07) is 0. The number of hydrogen-bond donors (Lipinski definition) is 2. The summed E-state index contributed by atoms with van der Waals surface area (Å²) in [5, 5.41) is 6.45. The first kappa shape index (κ1) is 14.7. The van der Waals surface area contributed by atoms with Crippen LogP contribution in [0.5, 0.6) is 0 Å². The summed E-state index contributed by atoms with van der Waals surface area (Å²) < 4.78 is 5.39. The van der Waals surface area contributed by atoms with Crippen molar-refractivity contribution in [3.05, 3.63) is 11.9 Å². The van der Waals surface area contributed by atoms with Crippen LogP contribution in [0.1, 0.15) is 39.2 Å². The minimum absolute atomic E-state index is 0.223. The molecule has 0 spiro atoms. The van der Waals surface area contributed by atoms with Gasteiger partial charge in [-0.05, 0) is 19.8 Å². The lowest BCUT2D eigenvalue weighted by Gasteiger charge is -2.25. The lowest BCUT2D eigenvalue weighted by atomic mass is 10.0. The first-order chi connectivity index (χ1) is 8.41. The van der Waals surface area contributed by atoms with Gasteiger partial charge in [-0.15, -0.1) is 0 Å². The van der Waals surface area contributed by atoms with Gasteiger partial charge in [-0.1, -0.05) is 13.8 Å². The van der Waals surface area contributed by atoms with E-state index in [0.29, 0.717) is 12.5 Å². The Balaban J connectivity index is 2.95. The summed E-state index contributed by atoms with van der Waals surface area (Å²) in [7, 11) is 3.58. The summed E-state index contributed by atoms with van der Waals surface area (Å²) in [6.07, 6.45) is 1.57. The predicted octanol–water partition coefficient (Wildman–Crippen LogP) is 2.48. The molecular weight excluding hydrogens is 228 g/mol. The minimum atomic E-state index is -0.223. The highest BCUT2D eigenvalue weighted by atomic mass is 16.5. The molecule has 0 amide bonds. The van der Waals surface area contributed by atoms with E-state index in [1.54, 1.807) is 13.4 Å². The van der Waals surface area contributed by atoms with Crippen LogP contribution in [0, 0.1) is 0 Å². The number of nitrogens with zero attached hydrogens (tertiary/aromatic N) is 2. The molecule has 0 unspecified atom stereocenters. The van der Waals surface area contributed by atoms with Gasteiger partial charge in [0.1, 0.15) is 18.0 Å². The van der Waals surface area contributed by atoms with E-state index in [2.05, 4.69) is 34.4 Å². The molecule has 0 atom stereocenters. The molecule has 1 rings (SSSR count). The van der Waals surface area contributed by atoms with Gasteiger partial charge >= 0.3 is 0 Å². The van der Waals surface area contributed by atoms with Gasteiger partial charge in [0.15, 0.2) is 0 Å². The Bertz CT molecular complexity index is 391. The third kappa shape index (κ3) is 3.57. The Kier molecular flexibility index (Phi) is 4.90. The minimum Gasteiger partial charge on any atom is -0.377 e. The van der Waals surface area contributed by atoms with Crippen LogP contribution in [0.15, 0.2) is 6.33 Å². The highest BCUT2D eigenvalue weighted by Crippen LogP contribution is 2.28. The number of rotatable bonds is 6. The molecule has 0 fully saturated rings. The Morgan fingerprint density at radius 1 is 1.28 bits per heavy atom. The summed E-state index contributed by atoms with van der Waals surface area (Å²) >= 11 is 0. The second kappa shape index (κ2) is 6.00. The van der Waals surface area contributed by atoms with Crippen LogP contribution in [-0.2, 0) is 4.74 Å². The van der Waals surface area contributed by atoms with E-state index in [-0.39, 0.29) is 5.60 Å². The van der Waals surface area contributed by atoms with Crippen LogP contribution in [0.25, 0.3) is 0 Å². The first-order valence-electron chi connectivity index (χ1n) is 6.23. The summed E-state index contributed by atoms with van der Waals surface area (Å²) in [6.45, 7) is 9.03. The lowest BCUT2D eigenvalue weighted by Crippen LogP contribution is -2.32. The van der Waals surface area contributed by atoms with Gasteiger partial charge in [0.05, 0.1) is 5.60 Å². The van der Waals surface area contributed by atoms with E-state index in [1.807, 2.05) is 20.9 Å². The average molecular weight is 252 g/mol. The third-order valence-electron chi connectivity index (χ3n) is 2.93. The van der Waals surface area contributed by atoms with Gasteiger partial charge in [0.2, 0.25) is 0 Å². The summed E-state index contributed by atoms with van der Waals surface area (Å²) in [4.78, 5) is 8.58. The number of hydrogen-bond acceptors (Lipinski definition) is 5. The van der Waals surface area contributed by atoms with E-state index in [0.717, 1.165) is 17.2 Å². The Hall–Kier alpha value is -1.36. The molecule has 5 nitrogen and oxygen atoms in total. The maximum atomic E-state index is 5.39. The van der Waals surface area contributed by atoms with Crippen molar-refractivity contribution in [1.29, 1.82) is 0 Å². The van der Waals surface area contributed by atoms with Gasteiger partial charge in [-0.25, -0.2) is 9.97 Å². The zero-order valence-electron chi connectivity index (χ0n) is 12.2. The van der Waals surface area contributed by atoms with Crippen molar-refractivity contribution in [2.45, 2.75) is 39.2 Å². The van der Waals surface area contributed by atoms with Crippen molar-refractivity contribution in [2.75, 3.05) is 31.3 Å². The van der Waals surface area contributed by atoms with Gasteiger partial charge in [-0.3, -0.25) is 0 Å². The Morgan fingerprint density at radius 2 is 1.89 bits per heavy atom. The Morgan fingerprint density at radius 3 is 2.39 bits per heavy atom. The maximum absolute atomic E-state index is 5.39.